The number of benzene rings is 17. The molecule has 3 aromatic heterocycles. The van der Waals surface area contributed by atoms with Crippen molar-refractivity contribution in [2.75, 3.05) is 14.7 Å². The number of fused-ring (bicyclic) bond motifs is 13. The van der Waals surface area contributed by atoms with Gasteiger partial charge in [0, 0.05) is 94.9 Å². The van der Waals surface area contributed by atoms with Gasteiger partial charge in [-0.15, -0.1) is 0 Å². The Kier molecular flexibility index (Phi) is 11.8. The Morgan fingerprint density at radius 3 is 0.966 bits per heavy atom. The van der Waals surface area contributed by atoms with Gasteiger partial charge in [0.15, 0.2) is 0 Å². The van der Waals surface area contributed by atoms with Crippen LogP contribution >= 0.6 is 0 Å². The Morgan fingerprint density at radius 1 is 0.248 bits per heavy atom. The summed E-state index contributed by atoms with van der Waals surface area (Å²) >= 11 is 0. The van der Waals surface area contributed by atoms with Crippen LogP contribution in [-0.4, -0.2) is 20.4 Å². The molecule has 0 N–H and O–H groups in total. The van der Waals surface area contributed by atoms with Crippen LogP contribution in [0.15, 0.2) is 394 Å². The van der Waals surface area contributed by atoms with Gasteiger partial charge in [-0.3, -0.25) is 0 Å². The molecule has 556 valence electrons. The van der Waals surface area contributed by atoms with Gasteiger partial charge in [-0.25, -0.2) is 0 Å². The molecule has 0 unspecified atom stereocenters. The van der Waals surface area contributed by atoms with E-state index in [0.29, 0.717) is 45.0 Å². The lowest BCUT2D eigenvalue weighted by molar-refractivity contribution is 0.590. The average Bonchev–Trinajstić information content (AvgIpc) is 0.898. The molecule has 20 aromatic rings. The highest BCUT2D eigenvalue weighted by Gasteiger charge is 2.45. The molecule has 0 atom stereocenters. The van der Waals surface area contributed by atoms with E-state index in [4.69, 9.17) is 5.48 Å². The standard InChI is InChI=1S/C110H83BN6/c1-109(2,3)80-48-58-102-94(66-80)95-67-81(110(4,5)6)49-59-103(95)115(102)86-55-57-97-105(69-86)117(88-64-78(74-34-16-9-17-35-74)61-79(65-88)75-36-18-10-19-37-75)107-71-89(112(82-38-20-11-21-39-82)83-50-52-84(53-51-83)113-98-44-26-22-40-90(98)91-41-23-27-45-99(91)113)70-106-108(107)111(97)96-56-54-85(114-100-46-28-24-42-92(100)93-43-25-29-47-101(93)114)68-104(96)116(106)87-62-76(72-30-12-7-13-31-72)60-77(63-87)73-32-14-8-15-33-73/h7-71H,1-6H3/i11D,20D,21D,22D,23D,24D,25D,26D,27D,28D,29D,38D,39D,40D,41D,42D,43D,44D,45D,46D,47D. The normalized spacial score (nSPS) is 15.2. The molecule has 6 nitrogen and oxygen atoms in total. The molecule has 2 aliphatic rings. The minimum Gasteiger partial charge on any atom is -0.311 e. The predicted octanol–water partition coefficient (Wildman–Crippen LogP) is 27.8. The van der Waals surface area contributed by atoms with Crippen molar-refractivity contribution >= 4 is 140 Å². The number of aromatic nitrogens is 3. The zero-order chi connectivity index (χ0) is 96.6. The molecule has 0 saturated carbocycles. The maximum Gasteiger partial charge on any atom is 0.252 e. The molecule has 0 saturated heterocycles. The third-order valence-corrected chi connectivity index (χ3v) is 23.2. The van der Waals surface area contributed by atoms with Gasteiger partial charge in [-0.2, -0.15) is 0 Å². The zero-order valence-electron chi connectivity index (χ0n) is 85.7. The molecule has 2 aliphatic heterocycles. The monoisotopic (exact) mass is 1520 g/mol. The summed E-state index contributed by atoms with van der Waals surface area (Å²) < 4.78 is 205. The molecule has 7 heteroatoms. The van der Waals surface area contributed by atoms with Gasteiger partial charge in [0.2, 0.25) is 0 Å². The van der Waals surface area contributed by atoms with Gasteiger partial charge in [-0.05, 0) is 240 Å². The van der Waals surface area contributed by atoms with Crippen LogP contribution in [0.25, 0.3) is 127 Å². The van der Waals surface area contributed by atoms with Gasteiger partial charge in [0.05, 0.1) is 67.6 Å². The van der Waals surface area contributed by atoms with Crippen LogP contribution in [0.5, 0.6) is 0 Å². The lowest BCUT2D eigenvalue weighted by Gasteiger charge is -2.45. The Bertz CT molecular complexity index is 8320. The van der Waals surface area contributed by atoms with E-state index in [1.54, 1.807) is 29.2 Å². The SMILES string of the molecule is [2H]c1c([2H])c([2H])c(N(c2ccc(-n3c4c([2H])c([2H])c([2H])c([2H])c4c4c([2H])c([2H])c([2H])c([2H])c43)cc2)c2cc3c4c(c2)N(c2cc(-c5ccccc5)cc(-c5ccccc5)c2)c2cc(-n5c6c([2H])c([2H])c([2H])c([2H])c6c6c([2H])c([2H])c([2H])c([2H])c65)ccc2B4c2ccc(-n4c5ccc(C(C)(C)C)cc5c5cc(C(C)(C)C)ccc54)cc2N3c2cc(-c3ccccc3)cc(-c3ccccc3)c2)c([2H])c1[2H]. The highest BCUT2D eigenvalue weighted by atomic mass is 15.2. The maximum absolute atomic E-state index is 10.4. The molecule has 5 heterocycles. The summed E-state index contributed by atoms with van der Waals surface area (Å²) in [5, 5.41) is 1.50. The highest BCUT2D eigenvalue weighted by molar-refractivity contribution is 7.00. The van der Waals surface area contributed by atoms with Crippen LogP contribution in [0, 0.1) is 0 Å². The summed E-state index contributed by atoms with van der Waals surface area (Å²) in [6.07, 6.45) is 0. The Hall–Kier alpha value is -14.4. The van der Waals surface area contributed by atoms with Crippen LogP contribution in [-0.2, 0) is 10.8 Å². The number of nitrogens with zero attached hydrogens (tertiary/aromatic N) is 6. The molecule has 0 fully saturated rings. The van der Waals surface area contributed by atoms with Crippen LogP contribution in [0.1, 0.15) is 81.5 Å². The van der Waals surface area contributed by atoms with E-state index in [0.717, 1.165) is 88.6 Å². The first kappa shape index (κ1) is 50.7. The molecule has 117 heavy (non-hydrogen) atoms. The van der Waals surface area contributed by atoms with Crippen molar-refractivity contribution in [3.8, 4) is 61.6 Å². The fraction of sp³-hybridized carbons (Fsp3) is 0.0727. The smallest absolute Gasteiger partial charge is 0.252 e. The second kappa shape index (κ2) is 27.2. The van der Waals surface area contributed by atoms with Crippen LogP contribution < -0.4 is 31.1 Å². The Balaban J connectivity index is 0.928. The van der Waals surface area contributed by atoms with E-state index in [1.165, 1.54) is 9.13 Å². The summed E-state index contributed by atoms with van der Waals surface area (Å²) in [5.74, 6) is 0. The third kappa shape index (κ3) is 11.5. The molecular weight excluding hydrogens is 1420 g/mol. The third-order valence-electron chi connectivity index (χ3n) is 23.2. The number of hydrogen-bond acceptors (Lipinski definition) is 3. The van der Waals surface area contributed by atoms with Gasteiger partial charge < -0.3 is 28.4 Å². The first-order valence-corrected chi connectivity index (χ1v) is 39.2. The number of rotatable bonds is 12. The molecular formula is C110H83BN6. The van der Waals surface area contributed by atoms with E-state index < -0.39 is 134 Å². The van der Waals surface area contributed by atoms with Gasteiger partial charge in [0.1, 0.15) is 0 Å². The fourth-order valence-corrected chi connectivity index (χ4v) is 17.7. The Labute approximate surface area is 712 Å². The van der Waals surface area contributed by atoms with E-state index in [1.807, 2.05) is 127 Å². The number of hydrogen-bond donors (Lipinski definition) is 0. The molecule has 0 amide bonds. The van der Waals surface area contributed by atoms with E-state index >= 15 is 0 Å². The van der Waals surface area contributed by atoms with Crippen molar-refractivity contribution in [3.05, 3.63) is 405 Å². The zero-order valence-corrected chi connectivity index (χ0v) is 64.7. The van der Waals surface area contributed by atoms with Crippen LogP contribution in [0.3, 0.4) is 0 Å². The molecule has 0 radical (unpaired) electrons. The quantitative estimate of drug-likeness (QED) is 0.114. The van der Waals surface area contributed by atoms with Crippen molar-refractivity contribution in [1.29, 1.82) is 0 Å². The maximum atomic E-state index is 10.4. The number of anilines is 9. The summed E-state index contributed by atoms with van der Waals surface area (Å²) in [7, 11) is 0. The largest absolute Gasteiger partial charge is 0.311 e. The molecule has 0 aliphatic carbocycles. The second-order valence-corrected chi connectivity index (χ2v) is 32.2. The molecule has 0 bridgehead atoms. The van der Waals surface area contributed by atoms with Crippen molar-refractivity contribution < 1.29 is 28.8 Å². The fourth-order valence-electron chi connectivity index (χ4n) is 17.7. The van der Waals surface area contributed by atoms with Crippen molar-refractivity contribution in [1.82, 2.24) is 13.7 Å². The van der Waals surface area contributed by atoms with E-state index in [2.05, 4.69) is 171 Å². The lowest BCUT2D eigenvalue weighted by atomic mass is 9.33. The summed E-state index contributed by atoms with van der Waals surface area (Å²) in [6.45, 7) is 12.4. The van der Waals surface area contributed by atoms with Crippen molar-refractivity contribution in [2.45, 2.75) is 52.4 Å². The topological polar surface area (TPSA) is 24.5 Å². The average molecular weight is 1520 g/mol. The summed E-state index contributed by atoms with van der Waals surface area (Å²) in [6, 6.07) is 76.2. The van der Waals surface area contributed by atoms with E-state index in [9.17, 15) is 23.3 Å². The van der Waals surface area contributed by atoms with Crippen LogP contribution in [0.2, 0.25) is 0 Å². The van der Waals surface area contributed by atoms with Crippen molar-refractivity contribution in [3.63, 3.8) is 0 Å². The van der Waals surface area contributed by atoms with E-state index in [-0.39, 0.29) is 82.9 Å². The van der Waals surface area contributed by atoms with Crippen LogP contribution in [0.4, 0.5) is 51.2 Å². The molecule has 22 rings (SSSR count). The first-order chi connectivity index (χ1) is 66.0. The van der Waals surface area contributed by atoms with Gasteiger partial charge >= 0.3 is 0 Å². The minimum absolute atomic E-state index is 0.118. The Morgan fingerprint density at radius 2 is 0.590 bits per heavy atom. The predicted molar refractivity (Wildman–Crippen MR) is 497 cm³/mol. The van der Waals surface area contributed by atoms with Crippen molar-refractivity contribution in [2.24, 2.45) is 0 Å². The van der Waals surface area contributed by atoms with Gasteiger partial charge in [0.25, 0.3) is 6.71 Å². The summed E-state index contributed by atoms with van der Waals surface area (Å²) in [4.78, 5) is 5.95. The minimum atomic E-state index is -0.848. The highest BCUT2D eigenvalue weighted by Crippen LogP contribution is 2.52. The number of para-hydroxylation sites is 5. The molecule has 0 spiro atoms. The summed E-state index contributed by atoms with van der Waals surface area (Å²) in [5.41, 5.74) is 16.4. The lowest BCUT2D eigenvalue weighted by Crippen LogP contribution is -2.61. The van der Waals surface area contributed by atoms with Gasteiger partial charge in [-0.1, -0.05) is 278 Å². The second-order valence-electron chi connectivity index (χ2n) is 32.2. The first-order valence-electron chi connectivity index (χ1n) is 49.7. The molecule has 17 aromatic carbocycles.